The van der Waals surface area contributed by atoms with E-state index in [0.29, 0.717) is 22.9 Å². The van der Waals surface area contributed by atoms with Crippen LogP contribution in [0.25, 0.3) is 21.8 Å². The van der Waals surface area contributed by atoms with E-state index in [0.717, 1.165) is 64.7 Å². The Hall–Kier alpha value is -4.82. The van der Waals surface area contributed by atoms with E-state index in [2.05, 4.69) is 22.2 Å². The smallest absolute Gasteiger partial charge is 0.228 e. The lowest BCUT2D eigenvalue weighted by molar-refractivity contribution is -0.115. The number of para-hydroxylation sites is 2. The van der Waals surface area contributed by atoms with Gasteiger partial charge in [0, 0.05) is 35.1 Å². The summed E-state index contributed by atoms with van der Waals surface area (Å²) in [6, 6.07) is 24.5. The second kappa shape index (κ2) is 13.4. The monoisotopic (exact) mass is 579 g/mol. The van der Waals surface area contributed by atoms with E-state index in [1.807, 2.05) is 79.7 Å². The van der Waals surface area contributed by atoms with Crippen molar-refractivity contribution in [3.63, 3.8) is 0 Å². The van der Waals surface area contributed by atoms with Crippen molar-refractivity contribution in [1.82, 2.24) is 9.88 Å². The molecule has 4 aromatic carbocycles. The summed E-state index contributed by atoms with van der Waals surface area (Å²) in [5.74, 6) is 2.05. The number of amides is 1. The van der Waals surface area contributed by atoms with E-state index in [9.17, 15) is 9.59 Å². The maximum Gasteiger partial charge on any atom is 0.228 e. The number of aromatic amines is 1. The minimum absolute atomic E-state index is 0.0393. The van der Waals surface area contributed by atoms with Crippen LogP contribution in [0.2, 0.25) is 0 Å². The van der Waals surface area contributed by atoms with Gasteiger partial charge in [-0.05, 0) is 85.6 Å². The summed E-state index contributed by atoms with van der Waals surface area (Å²) in [6.45, 7) is 4.19. The fourth-order valence-electron chi connectivity index (χ4n) is 5.28. The molecule has 1 aromatic heterocycles. The van der Waals surface area contributed by atoms with Crippen molar-refractivity contribution >= 4 is 33.4 Å². The highest BCUT2D eigenvalue weighted by molar-refractivity contribution is 5.98. The SMILES string of the molecule is COc1ccc(CN(C)CCCOc2ccc(NC(=O)Cc3cccc4c(=O)c5ccccc5[nH]c34)c(C)c2)cc1OC. The molecule has 0 aliphatic heterocycles. The van der Waals surface area contributed by atoms with E-state index in [1.165, 1.54) is 0 Å². The van der Waals surface area contributed by atoms with E-state index >= 15 is 0 Å². The number of pyridine rings is 1. The third kappa shape index (κ3) is 6.98. The molecule has 0 radical (unpaired) electrons. The van der Waals surface area contributed by atoms with Crippen LogP contribution in [0.15, 0.2) is 83.7 Å². The van der Waals surface area contributed by atoms with Crippen LogP contribution in [0.1, 0.15) is 23.1 Å². The van der Waals surface area contributed by atoms with Gasteiger partial charge in [-0.1, -0.05) is 30.3 Å². The molecule has 5 aromatic rings. The minimum atomic E-state index is -0.157. The lowest BCUT2D eigenvalue weighted by Crippen LogP contribution is -2.20. The fourth-order valence-corrected chi connectivity index (χ4v) is 5.28. The number of carbonyl (C=O) groups is 1. The summed E-state index contributed by atoms with van der Waals surface area (Å²) >= 11 is 0. The largest absolute Gasteiger partial charge is 0.494 e. The van der Waals surface area contributed by atoms with Gasteiger partial charge in [-0.25, -0.2) is 0 Å². The number of ether oxygens (including phenoxy) is 3. The second-order valence-electron chi connectivity index (χ2n) is 10.7. The molecule has 0 bridgehead atoms. The lowest BCUT2D eigenvalue weighted by atomic mass is 10.0. The number of nitrogens with one attached hydrogen (secondary N) is 2. The molecule has 8 nitrogen and oxygen atoms in total. The number of anilines is 1. The summed E-state index contributed by atoms with van der Waals surface area (Å²) in [5, 5.41) is 4.23. The van der Waals surface area contributed by atoms with Crippen molar-refractivity contribution < 1.29 is 19.0 Å². The van der Waals surface area contributed by atoms with Crippen molar-refractivity contribution in [1.29, 1.82) is 0 Å². The molecule has 8 heteroatoms. The molecule has 0 saturated heterocycles. The van der Waals surface area contributed by atoms with Gasteiger partial charge in [-0.2, -0.15) is 0 Å². The van der Waals surface area contributed by atoms with Crippen LogP contribution in [-0.2, 0) is 17.8 Å². The number of H-pyrrole nitrogens is 1. The van der Waals surface area contributed by atoms with Gasteiger partial charge in [0.25, 0.3) is 0 Å². The maximum absolute atomic E-state index is 13.0. The summed E-state index contributed by atoms with van der Waals surface area (Å²) in [5.41, 5.74) is 4.96. The zero-order valence-corrected chi connectivity index (χ0v) is 25.0. The highest BCUT2D eigenvalue weighted by atomic mass is 16.5. The van der Waals surface area contributed by atoms with E-state index in [4.69, 9.17) is 14.2 Å². The summed E-state index contributed by atoms with van der Waals surface area (Å²) in [7, 11) is 5.35. The van der Waals surface area contributed by atoms with Crippen LogP contribution >= 0.6 is 0 Å². The highest BCUT2D eigenvalue weighted by Gasteiger charge is 2.13. The lowest BCUT2D eigenvalue weighted by Gasteiger charge is -2.18. The van der Waals surface area contributed by atoms with Gasteiger partial charge >= 0.3 is 0 Å². The first kappa shape index (κ1) is 29.7. The van der Waals surface area contributed by atoms with Crippen LogP contribution in [0.5, 0.6) is 17.2 Å². The van der Waals surface area contributed by atoms with E-state index in [-0.39, 0.29) is 17.8 Å². The third-order valence-electron chi connectivity index (χ3n) is 7.50. The van der Waals surface area contributed by atoms with Gasteiger partial charge in [0.2, 0.25) is 5.91 Å². The first-order valence-corrected chi connectivity index (χ1v) is 14.3. The minimum Gasteiger partial charge on any atom is -0.494 e. The quantitative estimate of drug-likeness (QED) is 0.137. The number of benzene rings is 4. The van der Waals surface area contributed by atoms with Crippen molar-refractivity contribution in [2.24, 2.45) is 0 Å². The Bertz CT molecular complexity index is 1810. The average molecular weight is 580 g/mol. The third-order valence-corrected chi connectivity index (χ3v) is 7.50. The van der Waals surface area contributed by atoms with Crippen molar-refractivity contribution in [2.75, 3.05) is 39.7 Å². The zero-order chi connectivity index (χ0) is 30.3. The first-order chi connectivity index (χ1) is 20.9. The van der Waals surface area contributed by atoms with Gasteiger partial charge < -0.3 is 29.4 Å². The topological polar surface area (TPSA) is 92.9 Å². The molecule has 0 atom stereocenters. The number of nitrogens with zero attached hydrogens (tertiary/aromatic N) is 1. The number of methoxy groups -OCH3 is 2. The molecule has 2 N–H and O–H groups in total. The van der Waals surface area contributed by atoms with Crippen LogP contribution in [0.3, 0.4) is 0 Å². The van der Waals surface area contributed by atoms with Crippen molar-refractivity contribution in [3.05, 3.63) is 106 Å². The molecule has 1 heterocycles. The van der Waals surface area contributed by atoms with Crippen LogP contribution in [0, 0.1) is 6.92 Å². The predicted molar refractivity (Wildman–Crippen MR) is 172 cm³/mol. The molecule has 0 aliphatic carbocycles. The number of fused-ring (bicyclic) bond motifs is 2. The molecular formula is C35H37N3O5. The summed E-state index contributed by atoms with van der Waals surface area (Å²) in [4.78, 5) is 31.6. The molecule has 0 unspecified atom stereocenters. The molecule has 0 aliphatic rings. The molecule has 222 valence electrons. The number of hydrogen-bond acceptors (Lipinski definition) is 6. The van der Waals surface area contributed by atoms with Crippen LogP contribution in [-0.4, -0.2) is 50.2 Å². The van der Waals surface area contributed by atoms with Gasteiger partial charge in [0.15, 0.2) is 16.9 Å². The van der Waals surface area contributed by atoms with Gasteiger partial charge in [0.05, 0.1) is 32.8 Å². The second-order valence-corrected chi connectivity index (χ2v) is 10.7. The fraction of sp³-hybridized carbons (Fsp3) is 0.257. The summed E-state index contributed by atoms with van der Waals surface area (Å²) < 4.78 is 16.7. The Balaban J connectivity index is 1.14. The number of aryl methyl sites for hydroxylation is 1. The average Bonchev–Trinajstić information content (AvgIpc) is 3.01. The molecule has 0 spiro atoms. The number of aromatic nitrogens is 1. The number of carbonyl (C=O) groups excluding carboxylic acids is 1. The molecule has 0 fully saturated rings. The first-order valence-electron chi connectivity index (χ1n) is 14.3. The Labute approximate surface area is 251 Å². The highest BCUT2D eigenvalue weighted by Crippen LogP contribution is 2.28. The molecule has 43 heavy (non-hydrogen) atoms. The van der Waals surface area contributed by atoms with Crippen molar-refractivity contribution in [2.45, 2.75) is 26.3 Å². The van der Waals surface area contributed by atoms with Crippen LogP contribution in [0.4, 0.5) is 5.69 Å². The van der Waals surface area contributed by atoms with Gasteiger partial charge in [-0.15, -0.1) is 0 Å². The standard InChI is InChI=1S/C35H37N3O5/c1-23-19-26(43-18-8-17-38(2)22-24-13-16-31(41-3)32(20-24)42-4)14-15-29(23)36-33(39)21-25-9-7-11-28-34(25)37-30-12-6-5-10-27(30)35(28)40/h5-7,9-16,19-20H,8,17-18,21-22H2,1-4H3,(H,36,39)(H,37,40). The molecule has 0 saturated carbocycles. The Morgan fingerprint density at radius 3 is 2.49 bits per heavy atom. The Morgan fingerprint density at radius 1 is 0.907 bits per heavy atom. The zero-order valence-electron chi connectivity index (χ0n) is 25.0. The van der Waals surface area contributed by atoms with E-state index in [1.54, 1.807) is 20.3 Å². The predicted octanol–water partition coefficient (Wildman–Crippen LogP) is 6.09. The Morgan fingerprint density at radius 2 is 1.70 bits per heavy atom. The number of hydrogen-bond donors (Lipinski definition) is 2. The molecule has 1 amide bonds. The summed E-state index contributed by atoms with van der Waals surface area (Å²) in [6.07, 6.45) is 1.00. The molecular weight excluding hydrogens is 542 g/mol. The van der Waals surface area contributed by atoms with Crippen LogP contribution < -0.4 is 25.0 Å². The van der Waals surface area contributed by atoms with Crippen molar-refractivity contribution in [3.8, 4) is 17.2 Å². The maximum atomic E-state index is 13.0. The van der Waals surface area contributed by atoms with Gasteiger partial charge in [-0.3, -0.25) is 9.59 Å². The normalized spacial score (nSPS) is 11.2. The van der Waals surface area contributed by atoms with Gasteiger partial charge in [0.1, 0.15) is 5.75 Å². The number of rotatable bonds is 12. The molecule has 5 rings (SSSR count). The van der Waals surface area contributed by atoms with E-state index < -0.39 is 0 Å². The Kier molecular flexibility index (Phi) is 9.27.